The molecule has 0 unspecified atom stereocenters. The van der Waals surface area contributed by atoms with Crippen molar-refractivity contribution < 1.29 is 38.0 Å². The van der Waals surface area contributed by atoms with Gasteiger partial charge in [0, 0.05) is 34.2 Å². The Kier molecular flexibility index (Phi) is 17.9. The van der Waals surface area contributed by atoms with E-state index in [1.54, 1.807) is 61.7 Å². The van der Waals surface area contributed by atoms with Crippen LogP contribution in [0.15, 0.2) is 97.0 Å². The number of ether oxygens (including phenoxy) is 6. The minimum Gasteiger partial charge on any atom is -0.489 e. The van der Waals surface area contributed by atoms with Crippen LogP contribution in [-0.4, -0.2) is 74.6 Å². The maximum Gasteiger partial charge on any atom is 0.333 e. The van der Waals surface area contributed by atoms with E-state index in [4.69, 9.17) is 28.4 Å². The molecule has 0 aliphatic carbocycles. The molecule has 0 saturated carbocycles. The zero-order chi connectivity index (χ0) is 29.8. The summed E-state index contributed by atoms with van der Waals surface area (Å²) in [6.45, 7) is 24.0. The van der Waals surface area contributed by atoms with Gasteiger partial charge in [0.25, 0.3) is 0 Å². The number of hydrogen-bond donors (Lipinski definition) is 0. The Morgan fingerprint density at radius 2 is 1.25 bits per heavy atom. The van der Waals surface area contributed by atoms with Crippen LogP contribution in [0.5, 0.6) is 0 Å². The van der Waals surface area contributed by atoms with Crippen LogP contribution in [0.4, 0.5) is 0 Å². The van der Waals surface area contributed by atoms with Gasteiger partial charge in [-0.2, -0.15) is 23.5 Å². The van der Waals surface area contributed by atoms with Gasteiger partial charge in [0.2, 0.25) is 0 Å². The van der Waals surface area contributed by atoms with Crippen molar-refractivity contribution >= 4 is 35.5 Å². The van der Waals surface area contributed by atoms with Crippen LogP contribution in [0.3, 0.4) is 0 Å². The SMILES string of the molecule is C=C(/C=C1/OCCSCCOC(=C)/C(=C\C=C\COC(=O)C(=C)C)OCCSCCOC1=C)COC(=O)C(=C)C. The van der Waals surface area contributed by atoms with Gasteiger partial charge in [-0.25, -0.2) is 9.59 Å². The van der Waals surface area contributed by atoms with Gasteiger partial charge < -0.3 is 28.4 Å². The summed E-state index contributed by atoms with van der Waals surface area (Å²) in [7, 11) is 0. The lowest BCUT2D eigenvalue weighted by Gasteiger charge is -2.16. The molecule has 1 heterocycles. The van der Waals surface area contributed by atoms with E-state index in [1.165, 1.54) is 0 Å². The van der Waals surface area contributed by atoms with Crippen molar-refractivity contribution in [1.82, 2.24) is 0 Å². The molecule has 0 N–H and O–H groups in total. The third-order valence-corrected chi connectivity index (χ3v) is 6.46. The zero-order valence-corrected chi connectivity index (χ0v) is 25.1. The molecule has 40 heavy (non-hydrogen) atoms. The third kappa shape index (κ3) is 16.0. The van der Waals surface area contributed by atoms with Crippen LogP contribution in [0, 0.1) is 0 Å². The molecule has 1 rings (SSSR count). The van der Waals surface area contributed by atoms with Gasteiger partial charge in [-0.1, -0.05) is 39.0 Å². The number of hydrogen-bond acceptors (Lipinski definition) is 10. The monoisotopic (exact) mass is 592 g/mol. The first-order chi connectivity index (χ1) is 19.1. The number of rotatable bonds is 8. The first-order valence-electron chi connectivity index (χ1n) is 12.6. The normalized spacial score (nSPS) is 18.4. The molecular weight excluding hydrogens is 552 g/mol. The Labute approximate surface area is 246 Å². The van der Waals surface area contributed by atoms with E-state index in [0.29, 0.717) is 89.2 Å². The third-order valence-electron chi connectivity index (χ3n) is 4.64. The topological polar surface area (TPSA) is 89.5 Å². The number of carbonyl (C=O) groups excluding carboxylic acids is 2. The summed E-state index contributed by atoms with van der Waals surface area (Å²) in [5, 5.41) is 0. The zero-order valence-electron chi connectivity index (χ0n) is 23.5. The van der Waals surface area contributed by atoms with Crippen LogP contribution < -0.4 is 0 Å². The van der Waals surface area contributed by atoms with Crippen molar-refractivity contribution in [3.8, 4) is 0 Å². The Balaban J connectivity index is 2.71. The fourth-order valence-electron chi connectivity index (χ4n) is 2.61. The molecule has 1 aliphatic rings. The van der Waals surface area contributed by atoms with E-state index < -0.39 is 11.9 Å². The molecule has 1 fully saturated rings. The summed E-state index contributed by atoms with van der Waals surface area (Å²) < 4.78 is 33.6. The molecule has 0 radical (unpaired) electrons. The maximum absolute atomic E-state index is 11.7. The smallest absolute Gasteiger partial charge is 0.333 e. The number of carbonyl (C=O) groups is 2. The van der Waals surface area contributed by atoms with Gasteiger partial charge in [-0.05, 0) is 37.6 Å². The Morgan fingerprint density at radius 1 is 0.775 bits per heavy atom. The predicted octanol–water partition coefficient (Wildman–Crippen LogP) is 5.68. The van der Waals surface area contributed by atoms with Crippen LogP contribution in [0.1, 0.15) is 13.8 Å². The molecular formula is C30H40O8S2. The Bertz CT molecular complexity index is 1020. The van der Waals surface area contributed by atoms with Crippen LogP contribution in [-0.2, 0) is 38.0 Å². The molecule has 0 aromatic carbocycles. The quantitative estimate of drug-likeness (QED) is 0.259. The maximum atomic E-state index is 11.7. The highest BCUT2D eigenvalue weighted by molar-refractivity contribution is 7.99. The van der Waals surface area contributed by atoms with Crippen molar-refractivity contribution in [2.24, 2.45) is 0 Å². The standard InChI is InChI=1S/C30H40O8S2/c1-22(2)29(31)37-11-9-8-10-27-25(6)33-12-16-40-19-15-36-28(20-24(5)21-38-30(32)23(3)4)26(7)34-13-17-39-18-14-35-27/h8-10,20H,1,3,5-7,11-19,21H2,2,4H3/b9-8+,27-10+,28-20+. The summed E-state index contributed by atoms with van der Waals surface area (Å²) in [5.41, 5.74) is 1.20. The second-order valence-electron chi connectivity index (χ2n) is 8.33. The molecule has 0 aromatic rings. The number of thioether (sulfide) groups is 2. The largest absolute Gasteiger partial charge is 0.489 e. The minimum atomic E-state index is -0.483. The summed E-state index contributed by atoms with van der Waals surface area (Å²) >= 11 is 3.29. The minimum absolute atomic E-state index is 0.00630. The molecule has 0 amide bonds. The Morgan fingerprint density at radius 3 is 1.80 bits per heavy atom. The van der Waals surface area contributed by atoms with Gasteiger partial charge >= 0.3 is 11.9 Å². The first kappa shape index (κ1) is 34.8. The van der Waals surface area contributed by atoms with Gasteiger partial charge in [-0.3, -0.25) is 0 Å². The highest BCUT2D eigenvalue weighted by atomic mass is 32.2. The molecule has 0 spiro atoms. The molecule has 1 saturated heterocycles. The first-order valence-corrected chi connectivity index (χ1v) is 14.9. The molecule has 8 nitrogen and oxygen atoms in total. The van der Waals surface area contributed by atoms with Gasteiger partial charge in [0.05, 0.1) is 26.4 Å². The lowest BCUT2D eigenvalue weighted by atomic mass is 10.2. The second kappa shape index (κ2) is 20.6. The van der Waals surface area contributed by atoms with Gasteiger partial charge in [-0.15, -0.1) is 0 Å². The van der Waals surface area contributed by atoms with Crippen molar-refractivity contribution in [3.63, 3.8) is 0 Å². The van der Waals surface area contributed by atoms with Crippen molar-refractivity contribution in [2.75, 3.05) is 62.7 Å². The highest BCUT2D eigenvalue weighted by Gasteiger charge is 2.11. The molecule has 0 aromatic heterocycles. The second-order valence-corrected chi connectivity index (χ2v) is 10.8. The number of esters is 2. The van der Waals surface area contributed by atoms with Gasteiger partial charge in [0.1, 0.15) is 13.2 Å². The molecule has 1 aliphatic heterocycles. The average Bonchev–Trinajstić information content (AvgIpc) is 2.91. The lowest BCUT2D eigenvalue weighted by molar-refractivity contribution is -0.138. The molecule has 0 atom stereocenters. The summed E-state index contributed by atoms with van der Waals surface area (Å²) in [5.74, 6) is 3.62. The highest BCUT2D eigenvalue weighted by Crippen LogP contribution is 2.18. The van der Waals surface area contributed by atoms with Crippen LogP contribution in [0.2, 0.25) is 0 Å². The summed E-state index contributed by atoms with van der Waals surface area (Å²) in [6, 6.07) is 0. The van der Waals surface area contributed by atoms with E-state index in [9.17, 15) is 9.59 Å². The van der Waals surface area contributed by atoms with Crippen LogP contribution >= 0.6 is 23.5 Å². The molecule has 220 valence electrons. The number of allylic oxidation sites excluding steroid dienone is 2. The molecule has 10 heteroatoms. The van der Waals surface area contributed by atoms with E-state index >= 15 is 0 Å². The Hall–Kier alpha value is -3.24. The van der Waals surface area contributed by atoms with Crippen LogP contribution in [0.25, 0.3) is 0 Å². The van der Waals surface area contributed by atoms with E-state index in [2.05, 4.69) is 32.9 Å². The van der Waals surface area contributed by atoms with E-state index in [0.717, 1.165) is 0 Å². The fourth-order valence-corrected chi connectivity index (χ4v) is 3.82. The van der Waals surface area contributed by atoms with Crippen molar-refractivity contribution in [2.45, 2.75) is 13.8 Å². The molecule has 0 bridgehead atoms. The predicted molar refractivity (Wildman–Crippen MR) is 163 cm³/mol. The van der Waals surface area contributed by atoms with Crippen molar-refractivity contribution in [3.05, 3.63) is 97.0 Å². The average molecular weight is 593 g/mol. The fraction of sp³-hybridized carbons (Fsp3) is 0.400. The van der Waals surface area contributed by atoms with E-state index in [-0.39, 0.29) is 13.2 Å². The lowest BCUT2D eigenvalue weighted by Crippen LogP contribution is -2.10. The van der Waals surface area contributed by atoms with Crippen molar-refractivity contribution in [1.29, 1.82) is 0 Å². The summed E-state index contributed by atoms with van der Waals surface area (Å²) in [6.07, 6.45) is 6.81. The summed E-state index contributed by atoms with van der Waals surface area (Å²) in [4.78, 5) is 23.1. The van der Waals surface area contributed by atoms with Gasteiger partial charge in [0.15, 0.2) is 23.0 Å². The van der Waals surface area contributed by atoms with E-state index in [1.807, 2.05) is 0 Å².